The summed E-state index contributed by atoms with van der Waals surface area (Å²) in [5.41, 5.74) is 3.52. The first-order valence-electron chi connectivity index (χ1n) is 5.01. The van der Waals surface area contributed by atoms with Crippen molar-refractivity contribution in [2.45, 2.75) is 39.2 Å². The van der Waals surface area contributed by atoms with Gasteiger partial charge < -0.3 is 5.11 Å². The van der Waals surface area contributed by atoms with E-state index in [-0.39, 0.29) is 6.54 Å². The molecule has 0 unspecified atom stereocenters. The van der Waals surface area contributed by atoms with E-state index in [4.69, 9.17) is 5.11 Å². The third kappa shape index (κ3) is 1.41. The second kappa shape index (κ2) is 3.44. The highest BCUT2D eigenvalue weighted by Gasteiger charge is 2.21. The van der Waals surface area contributed by atoms with Crippen LogP contribution >= 0.6 is 0 Å². The fraction of sp³-hybridized carbons (Fsp3) is 0.600. The molecule has 0 radical (unpaired) electrons. The number of carbonyl (C=O) groups is 1. The Balaban J connectivity index is 2.36. The van der Waals surface area contributed by atoms with Crippen molar-refractivity contribution >= 4 is 5.97 Å². The maximum atomic E-state index is 10.6. The van der Waals surface area contributed by atoms with Crippen LogP contribution in [0.3, 0.4) is 0 Å². The van der Waals surface area contributed by atoms with Gasteiger partial charge in [-0.1, -0.05) is 6.92 Å². The molecule has 1 aliphatic rings. The maximum absolute atomic E-state index is 10.6. The largest absolute Gasteiger partial charge is 0.480 e. The van der Waals surface area contributed by atoms with Crippen molar-refractivity contribution in [3.63, 3.8) is 0 Å². The van der Waals surface area contributed by atoms with Crippen molar-refractivity contribution in [2.75, 3.05) is 0 Å². The van der Waals surface area contributed by atoms with Crippen molar-refractivity contribution in [3.8, 4) is 0 Å². The molecule has 1 aromatic rings. The van der Waals surface area contributed by atoms with Gasteiger partial charge in [-0.3, -0.25) is 9.48 Å². The van der Waals surface area contributed by atoms with Gasteiger partial charge >= 0.3 is 5.97 Å². The van der Waals surface area contributed by atoms with Crippen LogP contribution in [0.5, 0.6) is 0 Å². The Hall–Kier alpha value is -1.32. The number of hydrogen-bond donors (Lipinski definition) is 1. The first-order valence-corrected chi connectivity index (χ1v) is 5.01. The van der Waals surface area contributed by atoms with Gasteiger partial charge in [-0.15, -0.1) is 0 Å². The number of aryl methyl sites for hydroxylation is 1. The van der Waals surface area contributed by atoms with Gasteiger partial charge in [0.25, 0.3) is 0 Å². The molecule has 1 aliphatic carbocycles. The van der Waals surface area contributed by atoms with Crippen molar-refractivity contribution in [3.05, 3.63) is 17.0 Å². The van der Waals surface area contributed by atoms with Crippen LogP contribution in [0.4, 0.5) is 0 Å². The fourth-order valence-electron chi connectivity index (χ4n) is 2.13. The van der Waals surface area contributed by atoms with E-state index in [0.717, 1.165) is 37.1 Å². The van der Waals surface area contributed by atoms with Crippen LogP contribution < -0.4 is 0 Å². The fourth-order valence-corrected chi connectivity index (χ4v) is 2.13. The average Bonchev–Trinajstić information content (AvgIpc) is 2.67. The third-order valence-corrected chi connectivity index (χ3v) is 2.71. The summed E-state index contributed by atoms with van der Waals surface area (Å²) in [6, 6.07) is 0. The summed E-state index contributed by atoms with van der Waals surface area (Å²) < 4.78 is 1.66. The predicted molar refractivity (Wildman–Crippen MR) is 51.3 cm³/mol. The Morgan fingerprint density at radius 2 is 2.36 bits per heavy atom. The van der Waals surface area contributed by atoms with Crippen LogP contribution in [0.1, 0.15) is 30.3 Å². The van der Waals surface area contributed by atoms with Crippen LogP contribution in [0.15, 0.2) is 0 Å². The van der Waals surface area contributed by atoms with Gasteiger partial charge in [0.1, 0.15) is 6.54 Å². The molecule has 4 nitrogen and oxygen atoms in total. The normalized spacial score (nSPS) is 14.4. The molecule has 0 aromatic carbocycles. The summed E-state index contributed by atoms with van der Waals surface area (Å²) in [5, 5.41) is 13.0. The molecule has 0 amide bonds. The van der Waals surface area contributed by atoms with Gasteiger partial charge in [-0.25, -0.2) is 0 Å². The second-order valence-corrected chi connectivity index (χ2v) is 3.63. The van der Waals surface area contributed by atoms with Gasteiger partial charge in [0.15, 0.2) is 0 Å². The van der Waals surface area contributed by atoms with Crippen molar-refractivity contribution in [2.24, 2.45) is 0 Å². The zero-order chi connectivity index (χ0) is 10.1. The van der Waals surface area contributed by atoms with E-state index in [1.807, 2.05) is 0 Å². The first kappa shape index (κ1) is 9.24. The predicted octanol–water partition coefficient (Wildman–Crippen LogP) is 1.02. The average molecular weight is 194 g/mol. The molecule has 2 rings (SSSR count). The molecule has 14 heavy (non-hydrogen) atoms. The van der Waals surface area contributed by atoms with Gasteiger partial charge in [-0.2, -0.15) is 5.10 Å². The molecule has 1 heterocycles. The maximum Gasteiger partial charge on any atom is 0.325 e. The van der Waals surface area contributed by atoms with Gasteiger partial charge in [-0.05, 0) is 31.2 Å². The van der Waals surface area contributed by atoms with E-state index in [2.05, 4.69) is 12.0 Å². The standard InChI is InChI=1S/C10H14N2O2/c1-2-8-7-4-3-5-9(7)12(11-8)6-10(13)14/h2-6H2,1H3,(H,13,14). The highest BCUT2D eigenvalue weighted by Crippen LogP contribution is 2.25. The Bertz CT molecular complexity index is 368. The quantitative estimate of drug-likeness (QED) is 0.781. The Morgan fingerprint density at radius 1 is 1.57 bits per heavy atom. The van der Waals surface area contributed by atoms with E-state index in [1.165, 1.54) is 5.56 Å². The molecule has 0 fully saturated rings. The molecule has 76 valence electrons. The Morgan fingerprint density at radius 3 is 3.00 bits per heavy atom. The smallest absolute Gasteiger partial charge is 0.325 e. The number of fused-ring (bicyclic) bond motifs is 1. The molecule has 0 aliphatic heterocycles. The first-order chi connectivity index (χ1) is 6.72. The molecular formula is C10H14N2O2. The summed E-state index contributed by atoms with van der Waals surface area (Å²) in [6.45, 7) is 2.06. The molecule has 4 heteroatoms. The number of carboxylic acid groups (broad SMARTS) is 1. The zero-order valence-corrected chi connectivity index (χ0v) is 8.29. The molecule has 0 saturated heterocycles. The number of aliphatic carboxylic acids is 1. The zero-order valence-electron chi connectivity index (χ0n) is 8.29. The van der Waals surface area contributed by atoms with E-state index in [9.17, 15) is 4.79 Å². The highest BCUT2D eigenvalue weighted by molar-refractivity contribution is 5.66. The van der Waals surface area contributed by atoms with Crippen molar-refractivity contribution < 1.29 is 9.90 Å². The lowest BCUT2D eigenvalue weighted by Crippen LogP contribution is -2.12. The molecule has 0 saturated carbocycles. The minimum absolute atomic E-state index is 0.00231. The van der Waals surface area contributed by atoms with E-state index < -0.39 is 5.97 Å². The molecule has 0 spiro atoms. The number of aromatic nitrogens is 2. The Kier molecular flexibility index (Phi) is 2.27. The number of hydrogen-bond acceptors (Lipinski definition) is 2. The number of nitrogens with zero attached hydrogens (tertiary/aromatic N) is 2. The SMILES string of the molecule is CCc1nn(CC(=O)O)c2c1CCC2. The van der Waals surface area contributed by atoms with Gasteiger partial charge in [0.2, 0.25) is 0 Å². The minimum Gasteiger partial charge on any atom is -0.480 e. The lowest BCUT2D eigenvalue weighted by atomic mass is 10.2. The minimum atomic E-state index is -0.815. The summed E-state index contributed by atoms with van der Waals surface area (Å²) in [6.07, 6.45) is 4.09. The Labute approximate surface area is 82.5 Å². The topological polar surface area (TPSA) is 55.1 Å². The van der Waals surface area contributed by atoms with Gasteiger partial charge in [0.05, 0.1) is 5.69 Å². The monoisotopic (exact) mass is 194 g/mol. The van der Waals surface area contributed by atoms with Crippen LogP contribution in [-0.2, 0) is 30.6 Å². The van der Waals surface area contributed by atoms with E-state index in [0.29, 0.717) is 0 Å². The second-order valence-electron chi connectivity index (χ2n) is 3.63. The molecular weight excluding hydrogens is 180 g/mol. The van der Waals surface area contributed by atoms with Crippen molar-refractivity contribution in [1.82, 2.24) is 9.78 Å². The summed E-state index contributed by atoms with van der Waals surface area (Å²) in [4.78, 5) is 10.6. The highest BCUT2D eigenvalue weighted by atomic mass is 16.4. The van der Waals surface area contributed by atoms with Gasteiger partial charge in [0, 0.05) is 5.69 Å². The molecule has 1 N–H and O–H groups in total. The van der Waals surface area contributed by atoms with Crippen LogP contribution in [0.2, 0.25) is 0 Å². The molecule has 1 aromatic heterocycles. The van der Waals surface area contributed by atoms with Crippen LogP contribution in [0, 0.1) is 0 Å². The summed E-state index contributed by atoms with van der Waals surface area (Å²) in [5.74, 6) is -0.815. The van der Waals surface area contributed by atoms with E-state index >= 15 is 0 Å². The molecule has 0 bridgehead atoms. The third-order valence-electron chi connectivity index (χ3n) is 2.71. The summed E-state index contributed by atoms with van der Waals surface area (Å²) in [7, 11) is 0. The number of carboxylic acids is 1. The lowest BCUT2D eigenvalue weighted by Gasteiger charge is -2.00. The van der Waals surface area contributed by atoms with E-state index in [1.54, 1.807) is 4.68 Å². The summed E-state index contributed by atoms with van der Waals surface area (Å²) >= 11 is 0. The number of rotatable bonds is 3. The van der Waals surface area contributed by atoms with Crippen LogP contribution in [-0.4, -0.2) is 20.9 Å². The van der Waals surface area contributed by atoms with Crippen LogP contribution in [0.25, 0.3) is 0 Å². The molecule has 0 atom stereocenters. The lowest BCUT2D eigenvalue weighted by molar-refractivity contribution is -0.137. The van der Waals surface area contributed by atoms with Crippen molar-refractivity contribution in [1.29, 1.82) is 0 Å².